The van der Waals surface area contributed by atoms with Crippen molar-refractivity contribution in [3.63, 3.8) is 0 Å². The van der Waals surface area contributed by atoms with Crippen LogP contribution in [0, 0.1) is 0 Å². The molecule has 2 rings (SSSR count). The predicted octanol–water partition coefficient (Wildman–Crippen LogP) is 3.09. The van der Waals surface area contributed by atoms with Gasteiger partial charge in [-0.25, -0.2) is 0 Å². The number of aldehydes is 1. The van der Waals surface area contributed by atoms with Gasteiger partial charge in [0.05, 0.1) is 5.56 Å². The van der Waals surface area contributed by atoms with Crippen LogP contribution in [0.4, 0.5) is 0 Å². The van der Waals surface area contributed by atoms with Crippen LogP contribution in [0.3, 0.4) is 0 Å². The summed E-state index contributed by atoms with van der Waals surface area (Å²) in [5, 5.41) is 2.99. The lowest BCUT2D eigenvalue weighted by molar-refractivity contribution is -0.127. The second-order valence-electron chi connectivity index (χ2n) is 5.05. The summed E-state index contributed by atoms with van der Waals surface area (Å²) in [7, 11) is 0. The number of carbonyl (C=O) groups excluding carboxylic acids is 2. The molecule has 0 aliphatic heterocycles. The monoisotopic (exact) mass is 339 g/mol. The number of rotatable bonds is 5. The summed E-state index contributed by atoms with van der Waals surface area (Å²) in [6, 6.07) is 5.41. The Labute approximate surface area is 127 Å². The van der Waals surface area contributed by atoms with Gasteiger partial charge in [0.1, 0.15) is 5.75 Å². The lowest BCUT2D eigenvalue weighted by Crippen LogP contribution is -2.41. The molecular formula is C15H18BrNO3. The lowest BCUT2D eigenvalue weighted by Gasteiger charge is -2.18. The van der Waals surface area contributed by atoms with Crippen molar-refractivity contribution in [2.45, 2.75) is 44.8 Å². The Kier molecular flexibility index (Phi) is 5.17. The molecule has 0 heterocycles. The minimum atomic E-state index is -0.615. The van der Waals surface area contributed by atoms with Crippen molar-refractivity contribution in [2.75, 3.05) is 0 Å². The van der Waals surface area contributed by atoms with Crippen LogP contribution < -0.4 is 10.1 Å². The van der Waals surface area contributed by atoms with Gasteiger partial charge in [-0.05, 0) is 38.0 Å². The highest BCUT2D eigenvalue weighted by molar-refractivity contribution is 9.10. The molecule has 1 aliphatic rings. The zero-order valence-electron chi connectivity index (χ0n) is 11.4. The third-order valence-electron chi connectivity index (χ3n) is 3.47. The van der Waals surface area contributed by atoms with Gasteiger partial charge in [0.25, 0.3) is 5.91 Å². The van der Waals surface area contributed by atoms with Gasteiger partial charge >= 0.3 is 0 Å². The second kappa shape index (κ2) is 6.88. The fourth-order valence-corrected chi connectivity index (χ4v) is 2.73. The Morgan fingerprint density at radius 3 is 2.80 bits per heavy atom. The molecule has 108 valence electrons. The van der Waals surface area contributed by atoms with E-state index in [4.69, 9.17) is 4.74 Å². The number of benzene rings is 1. The van der Waals surface area contributed by atoms with E-state index < -0.39 is 6.10 Å². The van der Waals surface area contributed by atoms with E-state index in [0.717, 1.165) is 23.6 Å². The average molecular weight is 340 g/mol. The SMILES string of the molecule is CC(Oc1ccc(Br)cc1C=O)C(=O)NC1CCCC1. The quantitative estimate of drug-likeness (QED) is 0.838. The highest BCUT2D eigenvalue weighted by atomic mass is 79.9. The highest BCUT2D eigenvalue weighted by Gasteiger charge is 2.22. The zero-order chi connectivity index (χ0) is 14.5. The minimum Gasteiger partial charge on any atom is -0.480 e. The first-order valence-electron chi connectivity index (χ1n) is 6.82. The fourth-order valence-electron chi connectivity index (χ4n) is 2.35. The van der Waals surface area contributed by atoms with E-state index in [-0.39, 0.29) is 11.9 Å². The summed E-state index contributed by atoms with van der Waals surface area (Å²) in [4.78, 5) is 23.0. The number of carbonyl (C=O) groups is 2. The number of ether oxygens (including phenoxy) is 1. The number of nitrogens with one attached hydrogen (secondary N) is 1. The van der Waals surface area contributed by atoms with E-state index in [2.05, 4.69) is 21.2 Å². The summed E-state index contributed by atoms with van der Waals surface area (Å²) < 4.78 is 6.40. The van der Waals surface area contributed by atoms with Crippen molar-refractivity contribution in [1.29, 1.82) is 0 Å². The molecular weight excluding hydrogens is 322 g/mol. The molecule has 5 heteroatoms. The largest absolute Gasteiger partial charge is 0.480 e. The van der Waals surface area contributed by atoms with Gasteiger partial charge in [0, 0.05) is 10.5 Å². The van der Waals surface area contributed by atoms with E-state index in [1.165, 1.54) is 12.8 Å². The van der Waals surface area contributed by atoms with Crippen molar-refractivity contribution in [2.24, 2.45) is 0 Å². The third kappa shape index (κ3) is 3.82. The maximum absolute atomic E-state index is 12.0. The molecule has 0 spiro atoms. The fraction of sp³-hybridized carbons (Fsp3) is 0.467. The summed E-state index contributed by atoms with van der Waals surface area (Å²) >= 11 is 3.30. The molecule has 1 saturated carbocycles. The van der Waals surface area contributed by atoms with Gasteiger partial charge in [0.15, 0.2) is 12.4 Å². The number of hydrogen-bond acceptors (Lipinski definition) is 3. The van der Waals surface area contributed by atoms with Gasteiger partial charge < -0.3 is 10.1 Å². The van der Waals surface area contributed by atoms with Gasteiger partial charge in [-0.15, -0.1) is 0 Å². The van der Waals surface area contributed by atoms with Crippen LogP contribution in [-0.2, 0) is 4.79 Å². The zero-order valence-corrected chi connectivity index (χ0v) is 13.0. The molecule has 1 N–H and O–H groups in total. The summed E-state index contributed by atoms with van der Waals surface area (Å²) in [5.41, 5.74) is 0.430. The molecule has 1 aliphatic carbocycles. The first-order chi connectivity index (χ1) is 9.60. The Balaban J connectivity index is 1.97. The van der Waals surface area contributed by atoms with Crippen molar-refractivity contribution >= 4 is 28.1 Å². The molecule has 1 unspecified atom stereocenters. The molecule has 1 amide bonds. The third-order valence-corrected chi connectivity index (χ3v) is 3.97. The van der Waals surface area contributed by atoms with Crippen LogP contribution in [0.1, 0.15) is 43.0 Å². The maximum Gasteiger partial charge on any atom is 0.260 e. The molecule has 1 atom stereocenters. The molecule has 1 aromatic carbocycles. The molecule has 0 radical (unpaired) electrons. The predicted molar refractivity (Wildman–Crippen MR) is 80.0 cm³/mol. The van der Waals surface area contributed by atoms with E-state index >= 15 is 0 Å². The Morgan fingerprint density at radius 2 is 2.15 bits per heavy atom. The molecule has 20 heavy (non-hydrogen) atoms. The van der Waals surface area contributed by atoms with Crippen molar-refractivity contribution < 1.29 is 14.3 Å². The van der Waals surface area contributed by atoms with Gasteiger partial charge in [0.2, 0.25) is 0 Å². The average Bonchev–Trinajstić information content (AvgIpc) is 2.93. The normalized spacial score (nSPS) is 16.7. The molecule has 1 fully saturated rings. The van der Waals surface area contributed by atoms with E-state index in [1.807, 2.05) is 0 Å². The van der Waals surface area contributed by atoms with E-state index in [0.29, 0.717) is 11.3 Å². The van der Waals surface area contributed by atoms with Crippen molar-refractivity contribution in [3.8, 4) is 5.75 Å². The molecule has 0 saturated heterocycles. The Bertz CT molecular complexity index is 498. The Morgan fingerprint density at radius 1 is 1.45 bits per heavy atom. The molecule has 1 aromatic rings. The number of amides is 1. The van der Waals surface area contributed by atoms with Crippen molar-refractivity contribution in [1.82, 2.24) is 5.32 Å². The minimum absolute atomic E-state index is 0.128. The number of hydrogen-bond donors (Lipinski definition) is 1. The highest BCUT2D eigenvalue weighted by Crippen LogP contribution is 2.23. The summed E-state index contributed by atoms with van der Waals surface area (Å²) in [6.45, 7) is 1.70. The van der Waals surface area contributed by atoms with Crippen LogP contribution in [0.15, 0.2) is 22.7 Å². The van der Waals surface area contributed by atoms with E-state index in [1.54, 1.807) is 25.1 Å². The van der Waals surface area contributed by atoms with Crippen molar-refractivity contribution in [3.05, 3.63) is 28.2 Å². The summed E-state index contributed by atoms with van der Waals surface area (Å²) in [5.74, 6) is 0.300. The summed E-state index contributed by atoms with van der Waals surface area (Å²) in [6.07, 6.45) is 4.52. The molecule has 0 bridgehead atoms. The van der Waals surface area contributed by atoms with Crippen LogP contribution >= 0.6 is 15.9 Å². The van der Waals surface area contributed by atoms with Crippen LogP contribution in [0.25, 0.3) is 0 Å². The van der Waals surface area contributed by atoms with Crippen LogP contribution in [-0.4, -0.2) is 24.3 Å². The van der Waals surface area contributed by atoms with Crippen LogP contribution in [0.5, 0.6) is 5.75 Å². The smallest absolute Gasteiger partial charge is 0.260 e. The van der Waals surface area contributed by atoms with Gasteiger partial charge in [-0.1, -0.05) is 28.8 Å². The number of halogens is 1. The first kappa shape index (κ1) is 15.0. The lowest BCUT2D eigenvalue weighted by atomic mass is 10.2. The topological polar surface area (TPSA) is 55.4 Å². The van der Waals surface area contributed by atoms with E-state index in [9.17, 15) is 9.59 Å². The standard InChI is InChI=1S/C15H18BrNO3/c1-10(15(19)17-13-4-2-3-5-13)20-14-7-6-12(16)8-11(14)9-18/h6-10,13H,2-5H2,1H3,(H,17,19). The van der Waals surface area contributed by atoms with Crippen LogP contribution in [0.2, 0.25) is 0 Å². The maximum atomic E-state index is 12.0. The Hall–Kier alpha value is -1.36. The molecule has 4 nitrogen and oxygen atoms in total. The van der Waals surface area contributed by atoms with Gasteiger partial charge in [-0.3, -0.25) is 9.59 Å². The first-order valence-corrected chi connectivity index (χ1v) is 7.61. The molecule has 0 aromatic heterocycles. The second-order valence-corrected chi connectivity index (χ2v) is 5.97. The van der Waals surface area contributed by atoms with Gasteiger partial charge in [-0.2, -0.15) is 0 Å².